The Hall–Kier alpha value is -3.01. The second-order valence-electron chi connectivity index (χ2n) is 12.1. The van der Waals surface area contributed by atoms with Crippen LogP contribution in [0.4, 0.5) is 11.4 Å². The lowest BCUT2D eigenvalue weighted by atomic mass is 9.83. The Kier molecular flexibility index (Phi) is 7.55. The summed E-state index contributed by atoms with van der Waals surface area (Å²) in [5, 5.41) is 0.802. The van der Waals surface area contributed by atoms with Crippen LogP contribution < -0.4 is 9.80 Å². The molecule has 5 nitrogen and oxygen atoms in total. The van der Waals surface area contributed by atoms with E-state index in [9.17, 15) is 14.4 Å². The highest BCUT2D eigenvalue weighted by Crippen LogP contribution is 2.53. The van der Waals surface area contributed by atoms with Crippen molar-refractivity contribution in [2.45, 2.75) is 70.0 Å². The molecule has 0 radical (unpaired) electrons. The van der Waals surface area contributed by atoms with Gasteiger partial charge in [-0.1, -0.05) is 60.1 Å². The molecule has 0 N–H and O–H groups in total. The first kappa shape index (κ1) is 28.1. The van der Waals surface area contributed by atoms with E-state index in [0.29, 0.717) is 24.9 Å². The van der Waals surface area contributed by atoms with Crippen LogP contribution in [0.3, 0.4) is 0 Å². The van der Waals surface area contributed by atoms with Gasteiger partial charge in [-0.2, -0.15) is 0 Å². The number of fused-ring (bicyclic) bond motifs is 1. The lowest BCUT2D eigenvalue weighted by molar-refractivity contribution is -0.125. The number of benzene rings is 3. The van der Waals surface area contributed by atoms with Gasteiger partial charge < -0.3 is 9.80 Å². The standard InChI is InChI=1S/C34H36ClN2O3P/c1-22-20-25(12-13-26(22)35)24-16-18-36(19-17-24)27-10-7-11-28-31(27)34(2,3)33(40)37(28)29-14-15-30(38)41(32(29)39)21-23-8-5-4-6-9-23/h4-13,20,24,29H,14-19,21H2,1-3H3. The first-order valence-electron chi connectivity index (χ1n) is 14.5. The van der Waals surface area contributed by atoms with Gasteiger partial charge in [-0.3, -0.25) is 14.4 Å². The van der Waals surface area contributed by atoms with Crippen LogP contribution in [0.25, 0.3) is 0 Å². The lowest BCUT2D eigenvalue weighted by Gasteiger charge is -2.36. The number of carbonyl (C=O) groups excluding carboxylic acids is 3. The van der Waals surface area contributed by atoms with Crippen molar-refractivity contribution in [1.82, 2.24) is 0 Å². The van der Waals surface area contributed by atoms with Crippen LogP contribution in [0.2, 0.25) is 5.02 Å². The van der Waals surface area contributed by atoms with E-state index in [4.69, 9.17) is 11.6 Å². The number of halogens is 1. The third-order valence-electron chi connectivity index (χ3n) is 9.13. The highest BCUT2D eigenvalue weighted by atomic mass is 35.5. The highest BCUT2D eigenvalue weighted by Gasteiger charge is 2.52. The Morgan fingerprint density at radius 2 is 1.61 bits per heavy atom. The molecule has 7 heteroatoms. The predicted octanol–water partition coefficient (Wildman–Crippen LogP) is 7.55. The number of rotatable bonds is 5. The first-order valence-corrected chi connectivity index (χ1v) is 16.4. The van der Waals surface area contributed by atoms with Gasteiger partial charge in [0, 0.05) is 49.9 Å². The first-order chi connectivity index (χ1) is 19.7. The molecule has 2 atom stereocenters. The van der Waals surface area contributed by atoms with Gasteiger partial charge in [0.25, 0.3) is 0 Å². The van der Waals surface area contributed by atoms with E-state index in [-0.39, 0.29) is 17.0 Å². The summed E-state index contributed by atoms with van der Waals surface area (Å²) >= 11 is 6.27. The quantitative estimate of drug-likeness (QED) is 0.290. The Balaban J connectivity index is 1.27. The van der Waals surface area contributed by atoms with Crippen LogP contribution in [0, 0.1) is 6.92 Å². The van der Waals surface area contributed by atoms with Crippen LogP contribution in [-0.2, 0) is 26.0 Å². The van der Waals surface area contributed by atoms with Gasteiger partial charge in [-0.05, 0) is 80.8 Å². The summed E-state index contributed by atoms with van der Waals surface area (Å²) in [5.74, 6) is 0.431. The maximum atomic E-state index is 14.1. The topological polar surface area (TPSA) is 57.7 Å². The van der Waals surface area contributed by atoms with Gasteiger partial charge in [0.1, 0.15) is 6.04 Å². The van der Waals surface area contributed by atoms with Crippen LogP contribution >= 0.6 is 19.5 Å². The third-order valence-corrected chi connectivity index (χ3v) is 11.9. The zero-order valence-electron chi connectivity index (χ0n) is 23.9. The molecule has 3 aromatic carbocycles. The van der Waals surface area contributed by atoms with Crippen LogP contribution in [0.1, 0.15) is 67.7 Å². The van der Waals surface area contributed by atoms with E-state index in [2.05, 4.69) is 30.0 Å². The summed E-state index contributed by atoms with van der Waals surface area (Å²) in [6, 6.07) is 21.6. The van der Waals surface area contributed by atoms with Gasteiger partial charge in [-0.25, -0.2) is 0 Å². The fourth-order valence-electron chi connectivity index (χ4n) is 6.83. The molecule has 0 saturated carbocycles. The van der Waals surface area contributed by atoms with Gasteiger partial charge in [-0.15, -0.1) is 0 Å². The monoisotopic (exact) mass is 586 g/mol. The molecule has 3 aliphatic heterocycles. The van der Waals surface area contributed by atoms with E-state index >= 15 is 0 Å². The van der Waals surface area contributed by atoms with Crippen molar-refractivity contribution in [2.75, 3.05) is 22.9 Å². The number of hydrogen-bond donors (Lipinski definition) is 0. The molecule has 0 aliphatic carbocycles. The maximum absolute atomic E-state index is 14.1. The normalized spacial score (nSPS) is 22.8. The molecular weight excluding hydrogens is 551 g/mol. The van der Waals surface area contributed by atoms with Crippen molar-refractivity contribution in [1.29, 1.82) is 0 Å². The summed E-state index contributed by atoms with van der Waals surface area (Å²) in [6.07, 6.45) is 3.23. The van der Waals surface area contributed by atoms with Crippen molar-refractivity contribution < 1.29 is 14.4 Å². The second-order valence-corrected chi connectivity index (χ2v) is 14.6. The number of amides is 1. The Morgan fingerprint density at radius 1 is 0.902 bits per heavy atom. The van der Waals surface area contributed by atoms with E-state index in [0.717, 1.165) is 59.0 Å². The van der Waals surface area contributed by atoms with Crippen molar-refractivity contribution in [3.05, 3.63) is 94.0 Å². The largest absolute Gasteiger partial charge is 0.371 e. The van der Waals surface area contributed by atoms with Gasteiger partial charge in [0.2, 0.25) is 5.91 Å². The lowest BCUT2D eigenvalue weighted by Crippen LogP contribution is -2.48. The van der Waals surface area contributed by atoms with Crippen LogP contribution in [0.15, 0.2) is 66.7 Å². The molecule has 212 valence electrons. The van der Waals surface area contributed by atoms with Crippen molar-refractivity contribution in [3.8, 4) is 0 Å². The average Bonchev–Trinajstić information content (AvgIpc) is 3.18. The molecule has 3 aromatic rings. The molecule has 3 aliphatic rings. The van der Waals surface area contributed by atoms with Crippen LogP contribution in [0.5, 0.6) is 0 Å². The molecule has 0 bridgehead atoms. The minimum atomic E-state index is -1.51. The number of anilines is 2. The Labute approximate surface area is 248 Å². The van der Waals surface area contributed by atoms with Gasteiger partial charge in [0.15, 0.2) is 11.0 Å². The van der Waals surface area contributed by atoms with Crippen molar-refractivity contribution in [3.63, 3.8) is 0 Å². The van der Waals surface area contributed by atoms with Gasteiger partial charge >= 0.3 is 0 Å². The van der Waals surface area contributed by atoms with Gasteiger partial charge in [0.05, 0.1) is 11.1 Å². The van der Waals surface area contributed by atoms with Crippen molar-refractivity contribution in [2.24, 2.45) is 0 Å². The molecule has 1 amide bonds. The number of piperidine rings is 1. The minimum absolute atomic E-state index is 0.0451. The number of nitrogens with zero attached hydrogens (tertiary/aromatic N) is 2. The molecule has 41 heavy (non-hydrogen) atoms. The molecule has 3 heterocycles. The third kappa shape index (κ3) is 5.02. The fraction of sp³-hybridized carbons (Fsp3) is 0.382. The molecule has 2 saturated heterocycles. The minimum Gasteiger partial charge on any atom is -0.371 e. The molecule has 0 aromatic heterocycles. The summed E-state index contributed by atoms with van der Waals surface area (Å²) < 4.78 is 0. The summed E-state index contributed by atoms with van der Waals surface area (Å²) in [6.45, 7) is 7.80. The SMILES string of the molecule is Cc1cc(C2CCN(c3cccc4c3C(C)(C)C(=O)N4C3CCC(=O)P(Cc4ccccc4)C3=O)CC2)ccc1Cl. The number of hydrogen-bond acceptors (Lipinski definition) is 4. The molecule has 2 fully saturated rings. The summed E-state index contributed by atoms with van der Waals surface area (Å²) in [7, 11) is -1.51. The molecular formula is C34H36ClN2O3P. The maximum Gasteiger partial charge on any atom is 0.237 e. The Bertz CT molecular complexity index is 1510. The summed E-state index contributed by atoms with van der Waals surface area (Å²) in [5.41, 5.74) is 5.57. The fourth-order valence-corrected chi connectivity index (χ4v) is 9.10. The summed E-state index contributed by atoms with van der Waals surface area (Å²) in [4.78, 5) is 45.1. The predicted molar refractivity (Wildman–Crippen MR) is 167 cm³/mol. The van der Waals surface area contributed by atoms with E-state index < -0.39 is 19.4 Å². The number of aryl methyl sites for hydroxylation is 1. The highest BCUT2D eigenvalue weighted by molar-refractivity contribution is 7.88. The zero-order valence-corrected chi connectivity index (χ0v) is 25.6. The Morgan fingerprint density at radius 3 is 2.32 bits per heavy atom. The molecule has 0 spiro atoms. The molecule has 2 unspecified atom stereocenters. The number of carbonyl (C=O) groups is 3. The smallest absolute Gasteiger partial charge is 0.237 e. The van der Waals surface area contributed by atoms with Crippen LogP contribution in [-0.4, -0.2) is 36.1 Å². The van der Waals surface area contributed by atoms with E-state index in [1.54, 1.807) is 4.90 Å². The van der Waals surface area contributed by atoms with E-state index in [1.807, 2.05) is 62.4 Å². The van der Waals surface area contributed by atoms with E-state index in [1.165, 1.54) is 5.56 Å². The molecule has 6 rings (SSSR count). The van der Waals surface area contributed by atoms with Crippen molar-refractivity contribution >= 4 is 47.9 Å². The second kappa shape index (κ2) is 11.0. The average molecular weight is 587 g/mol. The zero-order chi connectivity index (χ0) is 28.9.